The van der Waals surface area contributed by atoms with E-state index in [1.54, 1.807) is 39.8 Å². The van der Waals surface area contributed by atoms with Gasteiger partial charge in [-0.25, -0.2) is 0 Å². The minimum absolute atomic E-state index is 0.194. The lowest BCUT2D eigenvalue weighted by atomic mass is 9.98. The second kappa shape index (κ2) is 12.0. The lowest BCUT2D eigenvalue weighted by Crippen LogP contribution is -2.59. The van der Waals surface area contributed by atoms with E-state index >= 15 is 0 Å². The number of rotatable bonds is 10. The standard InChI is InChI=1S/C22H33IN4O4/c1-11(2)16(19(24)28)25-21(30)18(13(5)6)27-22(31)17(12(3)4)26-20(29)14-9-7-8-10-15(14)23/h7-13,16-18H,1-6H3,(H2,24,28)(H,25,30)(H,26,29)(H,27,31)/t16-,17-,18-/m0/s1. The number of nitrogens with two attached hydrogens (primary N) is 1. The molecule has 0 fully saturated rings. The minimum Gasteiger partial charge on any atom is -0.368 e. The molecule has 1 rings (SSSR count). The van der Waals surface area contributed by atoms with E-state index in [4.69, 9.17) is 5.73 Å². The zero-order chi connectivity index (χ0) is 23.9. The lowest BCUT2D eigenvalue weighted by Gasteiger charge is -2.29. The molecule has 0 aliphatic carbocycles. The molecule has 0 aliphatic heterocycles. The van der Waals surface area contributed by atoms with Crippen LogP contribution in [0.3, 0.4) is 0 Å². The molecule has 0 heterocycles. The maximum Gasteiger partial charge on any atom is 0.253 e. The van der Waals surface area contributed by atoms with Gasteiger partial charge in [0.2, 0.25) is 17.7 Å². The quantitative estimate of drug-likeness (QED) is 0.335. The van der Waals surface area contributed by atoms with Crippen LogP contribution in [0.4, 0.5) is 0 Å². The van der Waals surface area contributed by atoms with Gasteiger partial charge in [-0.1, -0.05) is 53.7 Å². The Morgan fingerprint density at radius 1 is 0.742 bits per heavy atom. The summed E-state index contributed by atoms with van der Waals surface area (Å²) in [6.07, 6.45) is 0. The van der Waals surface area contributed by atoms with E-state index in [-0.39, 0.29) is 23.7 Å². The van der Waals surface area contributed by atoms with Crippen LogP contribution >= 0.6 is 22.6 Å². The first-order valence-electron chi connectivity index (χ1n) is 10.3. The van der Waals surface area contributed by atoms with Gasteiger partial charge in [0, 0.05) is 3.57 Å². The van der Waals surface area contributed by atoms with Crippen LogP contribution in [0.15, 0.2) is 24.3 Å². The van der Waals surface area contributed by atoms with Gasteiger partial charge in [-0.15, -0.1) is 0 Å². The second-order valence-electron chi connectivity index (χ2n) is 8.54. The summed E-state index contributed by atoms with van der Waals surface area (Å²) in [6.45, 7) is 10.7. The molecule has 172 valence electrons. The average molecular weight is 544 g/mol. The van der Waals surface area contributed by atoms with Gasteiger partial charge in [-0.05, 0) is 52.5 Å². The molecule has 4 amide bonds. The summed E-state index contributed by atoms with van der Waals surface area (Å²) in [6, 6.07) is 4.51. The van der Waals surface area contributed by atoms with E-state index in [0.29, 0.717) is 5.56 Å². The molecule has 0 aliphatic rings. The van der Waals surface area contributed by atoms with Gasteiger partial charge in [0.15, 0.2) is 0 Å². The lowest BCUT2D eigenvalue weighted by molar-refractivity contribution is -0.133. The number of nitrogens with one attached hydrogen (secondary N) is 3. The molecular formula is C22H33IN4O4. The maximum atomic E-state index is 13.0. The van der Waals surface area contributed by atoms with Crippen molar-refractivity contribution < 1.29 is 19.2 Å². The average Bonchev–Trinajstić information content (AvgIpc) is 2.67. The number of hydrogen-bond acceptors (Lipinski definition) is 4. The molecule has 0 spiro atoms. The van der Waals surface area contributed by atoms with Crippen LogP contribution in [0.25, 0.3) is 0 Å². The molecule has 0 bridgehead atoms. The van der Waals surface area contributed by atoms with E-state index in [1.807, 2.05) is 26.0 Å². The highest BCUT2D eigenvalue weighted by atomic mass is 127. The van der Waals surface area contributed by atoms with Gasteiger partial charge in [-0.2, -0.15) is 0 Å². The van der Waals surface area contributed by atoms with Crippen LogP contribution in [0, 0.1) is 21.3 Å². The van der Waals surface area contributed by atoms with Crippen LogP contribution in [-0.4, -0.2) is 41.8 Å². The third-order valence-corrected chi connectivity index (χ3v) is 5.81. The molecule has 3 atom stereocenters. The molecule has 9 heteroatoms. The van der Waals surface area contributed by atoms with E-state index in [0.717, 1.165) is 3.57 Å². The summed E-state index contributed by atoms with van der Waals surface area (Å²) < 4.78 is 0.770. The highest BCUT2D eigenvalue weighted by Crippen LogP contribution is 2.13. The van der Waals surface area contributed by atoms with E-state index in [2.05, 4.69) is 38.5 Å². The Bertz CT molecular complexity index is 810. The maximum absolute atomic E-state index is 13.0. The third kappa shape index (κ3) is 7.79. The fraction of sp³-hybridized carbons (Fsp3) is 0.545. The Labute approximate surface area is 197 Å². The number of hydrogen-bond donors (Lipinski definition) is 4. The first kappa shape index (κ1) is 26.9. The van der Waals surface area contributed by atoms with E-state index in [1.165, 1.54) is 0 Å². The predicted octanol–water partition coefficient (Wildman–Crippen LogP) is 1.81. The summed E-state index contributed by atoms with van der Waals surface area (Å²) in [5.41, 5.74) is 5.86. The van der Waals surface area contributed by atoms with Gasteiger partial charge in [0.05, 0.1) is 5.56 Å². The monoisotopic (exact) mass is 544 g/mol. The third-order valence-electron chi connectivity index (χ3n) is 4.87. The minimum atomic E-state index is -0.886. The van der Waals surface area contributed by atoms with Crippen LogP contribution in [0.2, 0.25) is 0 Å². The summed E-state index contributed by atoms with van der Waals surface area (Å²) in [7, 11) is 0. The molecule has 5 N–H and O–H groups in total. The first-order valence-corrected chi connectivity index (χ1v) is 11.4. The van der Waals surface area contributed by atoms with E-state index < -0.39 is 35.8 Å². The van der Waals surface area contributed by atoms with Crippen molar-refractivity contribution in [2.75, 3.05) is 0 Å². The Kier molecular flexibility index (Phi) is 10.4. The Balaban J connectivity index is 2.98. The number of carbonyl (C=O) groups excluding carboxylic acids is 4. The predicted molar refractivity (Wildman–Crippen MR) is 128 cm³/mol. The normalized spacial score (nSPS) is 14.1. The Morgan fingerprint density at radius 3 is 1.58 bits per heavy atom. The van der Waals surface area contributed by atoms with Gasteiger partial charge in [-0.3, -0.25) is 19.2 Å². The molecule has 0 saturated carbocycles. The highest BCUT2D eigenvalue weighted by Gasteiger charge is 2.33. The number of amides is 4. The number of carbonyl (C=O) groups is 4. The van der Waals surface area contributed by atoms with Crippen molar-refractivity contribution in [3.05, 3.63) is 33.4 Å². The summed E-state index contributed by atoms with van der Waals surface area (Å²) in [5.74, 6) is -2.62. The van der Waals surface area contributed by atoms with Crippen molar-refractivity contribution in [1.82, 2.24) is 16.0 Å². The van der Waals surface area contributed by atoms with Crippen molar-refractivity contribution in [3.63, 3.8) is 0 Å². The zero-order valence-electron chi connectivity index (χ0n) is 18.9. The SMILES string of the molecule is CC(C)[C@H](NC(=O)[C@@H](NC(=O)[C@@H](NC(=O)c1ccccc1I)C(C)C)C(C)C)C(N)=O. The van der Waals surface area contributed by atoms with Crippen LogP contribution in [-0.2, 0) is 14.4 Å². The molecule has 8 nitrogen and oxygen atoms in total. The van der Waals surface area contributed by atoms with Crippen molar-refractivity contribution in [2.45, 2.75) is 59.7 Å². The molecule has 0 radical (unpaired) electrons. The fourth-order valence-electron chi connectivity index (χ4n) is 2.99. The van der Waals surface area contributed by atoms with Crippen LogP contribution < -0.4 is 21.7 Å². The highest BCUT2D eigenvalue weighted by molar-refractivity contribution is 14.1. The summed E-state index contributed by atoms with van der Waals surface area (Å²) in [5, 5.41) is 8.13. The van der Waals surface area contributed by atoms with Crippen LogP contribution in [0.5, 0.6) is 0 Å². The Hall–Kier alpha value is -2.17. The summed E-state index contributed by atoms with van der Waals surface area (Å²) >= 11 is 2.06. The Morgan fingerprint density at radius 2 is 1.16 bits per heavy atom. The van der Waals surface area contributed by atoms with Gasteiger partial charge >= 0.3 is 0 Å². The molecule has 31 heavy (non-hydrogen) atoms. The van der Waals surface area contributed by atoms with Crippen molar-refractivity contribution in [1.29, 1.82) is 0 Å². The molecular weight excluding hydrogens is 511 g/mol. The molecule has 1 aromatic carbocycles. The van der Waals surface area contributed by atoms with Crippen LogP contribution in [0.1, 0.15) is 51.9 Å². The van der Waals surface area contributed by atoms with Crippen molar-refractivity contribution >= 4 is 46.2 Å². The first-order chi connectivity index (χ1) is 14.4. The molecule has 0 saturated heterocycles. The van der Waals surface area contributed by atoms with E-state index in [9.17, 15) is 19.2 Å². The zero-order valence-corrected chi connectivity index (χ0v) is 21.0. The second-order valence-corrected chi connectivity index (χ2v) is 9.70. The summed E-state index contributed by atoms with van der Waals surface area (Å²) in [4.78, 5) is 50.2. The number of halogens is 1. The topological polar surface area (TPSA) is 130 Å². The molecule has 1 aromatic rings. The van der Waals surface area contributed by atoms with Gasteiger partial charge in [0.1, 0.15) is 18.1 Å². The number of benzene rings is 1. The van der Waals surface area contributed by atoms with Crippen molar-refractivity contribution in [2.24, 2.45) is 23.5 Å². The van der Waals surface area contributed by atoms with Gasteiger partial charge < -0.3 is 21.7 Å². The number of primary amides is 1. The smallest absolute Gasteiger partial charge is 0.253 e. The van der Waals surface area contributed by atoms with Crippen molar-refractivity contribution in [3.8, 4) is 0 Å². The molecule has 0 unspecified atom stereocenters. The fourth-order valence-corrected chi connectivity index (χ4v) is 3.62. The largest absolute Gasteiger partial charge is 0.368 e. The van der Waals surface area contributed by atoms with Gasteiger partial charge in [0.25, 0.3) is 5.91 Å². The molecule has 0 aromatic heterocycles.